The number of hydrogen-bond acceptors (Lipinski definition) is 1. The Balaban J connectivity index is -0.0000000400. The minimum absolute atomic E-state index is 0. The third-order valence-electron chi connectivity index (χ3n) is 0. The van der Waals surface area contributed by atoms with Crippen LogP contribution in [-0.2, 0) is 0 Å². The predicted molar refractivity (Wildman–Crippen MR) is 19.5 cm³/mol. The molecule has 0 spiro atoms. The summed E-state index contributed by atoms with van der Waals surface area (Å²) in [5, 5.41) is 0. The van der Waals surface area contributed by atoms with E-state index in [2.05, 4.69) is 0 Å². The van der Waals surface area contributed by atoms with Crippen molar-refractivity contribution in [3.05, 3.63) is 26.4 Å². The van der Waals surface area contributed by atoms with Gasteiger partial charge in [-0.1, -0.05) is 0 Å². The van der Waals surface area contributed by atoms with Crippen molar-refractivity contribution in [2.24, 2.45) is 0 Å². The van der Waals surface area contributed by atoms with Gasteiger partial charge in [-0.3, -0.25) is 4.91 Å². The van der Waals surface area contributed by atoms with Crippen molar-refractivity contribution in [3.63, 3.8) is 0 Å². The molecule has 0 fully saturated rings. The molecule has 0 aliphatic carbocycles. The van der Waals surface area contributed by atoms with Crippen LogP contribution in [0.5, 0.6) is 0 Å². The van der Waals surface area contributed by atoms with Crippen molar-refractivity contribution >= 4 is 0 Å². The quantitative estimate of drug-likeness (QED) is 0.172. The number of hydrogen-bond donors (Lipinski definition) is 1. The Bertz CT molecular complexity index is 58.2. The Morgan fingerprint density at radius 1 is 1.14 bits per heavy atom. The second-order valence-electron chi connectivity index (χ2n) is 0.189. The zero-order valence-corrected chi connectivity index (χ0v) is 5.74. The van der Waals surface area contributed by atoms with Crippen molar-refractivity contribution in [2.45, 2.75) is 0 Å². The second-order valence-corrected chi connectivity index (χ2v) is 0.189. The van der Waals surface area contributed by atoms with Gasteiger partial charge in [0.2, 0.25) is 0 Å². The summed E-state index contributed by atoms with van der Waals surface area (Å²) >= 11 is 0. The molecule has 0 unspecified atom stereocenters. The third-order valence-corrected chi connectivity index (χ3v) is 0. The normalized spacial score (nSPS) is 2.29. The Kier molecular flexibility index (Phi) is 104. The third kappa shape index (κ3) is 510. The van der Waals surface area contributed by atoms with E-state index in [4.69, 9.17) is 22.1 Å². The van der Waals surface area contributed by atoms with Crippen molar-refractivity contribution in [1.82, 2.24) is 0 Å². The molecule has 0 heterocycles. The van der Waals surface area contributed by atoms with E-state index >= 15 is 0 Å². The van der Waals surface area contributed by atoms with Crippen LogP contribution in [0.1, 0.15) is 0 Å². The minimum Gasteiger partial charge on any atom is -0.373 e. The minimum atomic E-state index is 0. The first kappa shape index (κ1) is 16.0. The van der Waals surface area contributed by atoms with E-state index in [1.54, 1.807) is 4.91 Å². The second kappa shape index (κ2) is 45.7. The van der Waals surface area contributed by atoms with Crippen LogP contribution in [0.3, 0.4) is 0 Å². The molecular formula is HN6Na. The van der Waals surface area contributed by atoms with Crippen LogP contribution in [0.25, 0.3) is 26.4 Å². The first-order valence-corrected chi connectivity index (χ1v) is 0.824. The Hall–Kier alpha value is -0.380. The SMILES string of the molecule is [N-]=[N+]=N.[N-]=[N+]=[N-].[Na+]. The van der Waals surface area contributed by atoms with Crippen LogP contribution in [0.2, 0.25) is 0 Å². The summed E-state index contributed by atoms with van der Waals surface area (Å²) in [6.07, 6.45) is 0. The average molecular weight is 108 g/mol. The topological polar surface area (TPSA) is 119 Å². The summed E-state index contributed by atoms with van der Waals surface area (Å²) in [4.78, 5) is 3.25. The maximum Gasteiger partial charge on any atom is 1.00 e. The average Bonchev–Trinajstić information content (AvgIpc) is 1.39. The van der Waals surface area contributed by atoms with Gasteiger partial charge in [0.25, 0.3) is 0 Å². The first-order chi connectivity index (χ1) is 2.83. The van der Waals surface area contributed by atoms with E-state index in [0.29, 0.717) is 0 Å². The molecule has 0 bridgehead atoms. The summed E-state index contributed by atoms with van der Waals surface area (Å²) in [5.41, 5.74) is 25.8. The zero-order chi connectivity index (χ0) is 5.41. The summed E-state index contributed by atoms with van der Waals surface area (Å²) in [7, 11) is 0. The van der Waals surface area contributed by atoms with Crippen molar-refractivity contribution in [2.75, 3.05) is 0 Å². The number of rotatable bonds is 0. The standard InChI is InChI=1S/HN3.N3.Na/c2*1-3-2;/h1H;;/q;-1;+1. The van der Waals surface area contributed by atoms with Gasteiger partial charge >= 0.3 is 29.6 Å². The molecule has 0 aliphatic heterocycles. The smallest absolute Gasteiger partial charge is 0.373 e. The fourth-order valence-corrected chi connectivity index (χ4v) is 0. The van der Waals surface area contributed by atoms with Gasteiger partial charge in [-0.2, -0.15) is 0 Å². The Morgan fingerprint density at radius 3 is 1.14 bits per heavy atom. The Morgan fingerprint density at radius 2 is 1.14 bits per heavy atom. The molecule has 32 valence electrons. The van der Waals surface area contributed by atoms with Gasteiger partial charge in [-0.25, -0.2) is 0 Å². The molecule has 0 saturated heterocycles. The van der Waals surface area contributed by atoms with E-state index in [1.807, 2.05) is 0 Å². The van der Waals surface area contributed by atoms with Crippen molar-refractivity contribution in [3.8, 4) is 0 Å². The van der Waals surface area contributed by atoms with E-state index in [9.17, 15) is 0 Å². The summed E-state index contributed by atoms with van der Waals surface area (Å²) < 4.78 is 0. The van der Waals surface area contributed by atoms with Crippen LogP contribution in [0.4, 0.5) is 0 Å². The molecule has 0 aromatic heterocycles. The van der Waals surface area contributed by atoms with E-state index < -0.39 is 0 Å². The van der Waals surface area contributed by atoms with E-state index in [1.165, 1.54) is 4.91 Å². The van der Waals surface area contributed by atoms with Gasteiger partial charge in [0.15, 0.2) is 0 Å². The molecular weight excluding hydrogens is 107 g/mol. The van der Waals surface area contributed by atoms with Gasteiger partial charge < -0.3 is 11.1 Å². The molecule has 0 aromatic carbocycles. The van der Waals surface area contributed by atoms with Crippen LogP contribution in [0.15, 0.2) is 0 Å². The first-order valence-electron chi connectivity index (χ1n) is 0.824. The molecule has 0 rings (SSSR count). The van der Waals surface area contributed by atoms with Crippen LogP contribution in [0, 0.1) is 5.53 Å². The van der Waals surface area contributed by atoms with E-state index in [-0.39, 0.29) is 29.6 Å². The van der Waals surface area contributed by atoms with Gasteiger partial charge in [-0.05, 0) is 10.4 Å². The van der Waals surface area contributed by atoms with Gasteiger partial charge in [0, 0.05) is 0 Å². The number of nitrogens with one attached hydrogen (secondary N) is 1. The fourth-order valence-electron chi connectivity index (χ4n) is 0. The zero-order valence-electron chi connectivity index (χ0n) is 3.74. The number of nitrogens with zero attached hydrogens (tertiary/aromatic N) is 5. The molecule has 0 amide bonds. The van der Waals surface area contributed by atoms with Crippen LogP contribution < -0.4 is 29.6 Å². The fraction of sp³-hybridized carbons (Fsp3) is 0. The summed E-state index contributed by atoms with van der Waals surface area (Å²) in [6.45, 7) is 0. The van der Waals surface area contributed by atoms with Crippen LogP contribution >= 0.6 is 0 Å². The molecule has 7 heteroatoms. The maximum absolute atomic E-state index is 6.86. The van der Waals surface area contributed by atoms with Gasteiger partial charge in [0.05, 0.1) is 0 Å². The molecule has 0 aromatic rings. The van der Waals surface area contributed by atoms with Gasteiger partial charge in [-0.15, -0.1) is 5.53 Å². The molecule has 1 N–H and O–H groups in total. The van der Waals surface area contributed by atoms with Crippen molar-refractivity contribution < 1.29 is 29.6 Å². The predicted octanol–water partition coefficient (Wildman–Crippen LogP) is -1.25. The largest absolute Gasteiger partial charge is 1.00 e. The Labute approximate surface area is 61.6 Å². The molecule has 0 saturated carbocycles. The van der Waals surface area contributed by atoms with E-state index in [0.717, 1.165) is 0 Å². The monoisotopic (exact) mass is 108 g/mol. The molecule has 7 heavy (non-hydrogen) atoms. The molecule has 0 aliphatic rings. The van der Waals surface area contributed by atoms with Gasteiger partial charge in [0.1, 0.15) is 0 Å². The maximum atomic E-state index is 6.86. The summed E-state index contributed by atoms with van der Waals surface area (Å²) in [5.74, 6) is 0. The van der Waals surface area contributed by atoms with Crippen LogP contribution in [-0.4, -0.2) is 0 Å². The van der Waals surface area contributed by atoms with Crippen molar-refractivity contribution in [1.29, 1.82) is 5.53 Å². The molecule has 6 nitrogen and oxygen atoms in total. The molecule has 0 atom stereocenters. The molecule has 0 radical (unpaired) electrons. The summed E-state index contributed by atoms with van der Waals surface area (Å²) in [6, 6.07) is 0.